The van der Waals surface area contributed by atoms with Gasteiger partial charge in [0.25, 0.3) is 0 Å². The van der Waals surface area contributed by atoms with Crippen LogP contribution in [-0.2, 0) is 4.79 Å². The highest BCUT2D eigenvalue weighted by Gasteiger charge is 2.28. The van der Waals surface area contributed by atoms with E-state index in [4.69, 9.17) is 0 Å². The van der Waals surface area contributed by atoms with E-state index in [0.717, 1.165) is 51.4 Å². The van der Waals surface area contributed by atoms with Gasteiger partial charge in [0.15, 0.2) is 0 Å². The number of aliphatic hydroxyl groups excluding tert-OH is 4. The van der Waals surface area contributed by atoms with Crippen LogP contribution in [0.15, 0.2) is 48.6 Å². The zero-order valence-corrected chi connectivity index (χ0v) is 47.5. The first kappa shape index (κ1) is 69.3. The Morgan fingerprint density at radius 1 is 0.338 bits per heavy atom. The van der Waals surface area contributed by atoms with Crippen LogP contribution in [0.1, 0.15) is 328 Å². The molecule has 4 atom stereocenters. The molecular formula is C65H123NO5. The first-order valence-electron chi connectivity index (χ1n) is 31.5. The van der Waals surface area contributed by atoms with Crippen LogP contribution in [-0.4, -0.2) is 57.3 Å². The molecule has 418 valence electrons. The maximum absolute atomic E-state index is 12.6. The summed E-state index contributed by atoms with van der Waals surface area (Å²) in [7, 11) is 0. The van der Waals surface area contributed by atoms with Gasteiger partial charge in [0.05, 0.1) is 18.8 Å². The number of unbranched alkanes of at least 4 members (excludes halogenated alkanes) is 41. The number of amides is 1. The predicted molar refractivity (Wildman–Crippen MR) is 311 cm³/mol. The molecule has 0 aromatic carbocycles. The van der Waals surface area contributed by atoms with Gasteiger partial charge in [-0.3, -0.25) is 4.79 Å². The van der Waals surface area contributed by atoms with Crippen molar-refractivity contribution in [1.82, 2.24) is 5.32 Å². The maximum atomic E-state index is 12.6. The molecule has 71 heavy (non-hydrogen) atoms. The van der Waals surface area contributed by atoms with Gasteiger partial charge < -0.3 is 25.7 Å². The molecule has 0 aliphatic heterocycles. The van der Waals surface area contributed by atoms with E-state index < -0.39 is 36.9 Å². The third kappa shape index (κ3) is 52.9. The third-order valence-electron chi connectivity index (χ3n) is 14.7. The van der Waals surface area contributed by atoms with E-state index in [1.165, 1.54) is 244 Å². The number of hydrogen-bond donors (Lipinski definition) is 5. The van der Waals surface area contributed by atoms with Crippen molar-refractivity contribution in [2.24, 2.45) is 0 Å². The molecule has 0 spiro atoms. The topological polar surface area (TPSA) is 110 Å². The second-order valence-electron chi connectivity index (χ2n) is 21.7. The summed E-state index contributed by atoms with van der Waals surface area (Å²) in [5.41, 5.74) is 0. The molecular weight excluding hydrogens is 875 g/mol. The van der Waals surface area contributed by atoms with Crippen LogP contribution >= 0.6 is 0 Å². The van der Waals surface area contributed by atoms with Crippen molar-refractivity contribution in [3.05, 3.63) is 48.6 Å². The molecule has 0 saturated carbocycles. The molecule has 0 rings (SSSR count). The fourth-order valence-corrected chi connectivity index (χ4v) is 9.79. The van der Waals surface area contributed by atoms with Crippen molar-refractivity contribution in [3.8, 4) is 0 Å². The van der Waals surface area contributed by atoms with Crippen LogP contribution in [0, 0.1) is 0 Å². The van der Waals surface area contributed by atoms with E-state index in [1.54, 1.807) is 0 Å². The van der Waals surface area contributed by atoms with E-state index >= 15 is 0 Å². The molecule has 6 heteroatoms. The number of carbonyl (C=O) groups is 1. The van der Waals surface area contributed by atoms with Gasteiger partial charge in [0, 0.05) is 0 Å². The Kier molecular flexibility index (Phi) is 57.7. The molecule has 0 radical (unpaired) electrons. The third-order valence-corrected chi connectivity index (χ3v) is 14.7. The van der Waals surface area contributed by atoms with Gasteiger partial charge >= 0.3 is 0 Å². The Morgan fingerprint density at radius 2 is 0.592 bits per heavy atom. The zero-order chi connectivity index (χ0) is 51.6. The molecule has 0 aromatic heterocycles. The minimum atomic E-state index is -1.30. The minimum absolute atomic E-state index is 0.358. The predicted octanol–water partition coefficient (Wildman–Crippen LogP) is 18.9. The monoisotopic (exact) mass is 998 g/mol. The number of nitrogens with one attached hydrogen (secondary N) is 1. The Morgan fingerprint density at radius 3 is 0.887 bits per heavy atom. The van der Waals surface area contributed by atoms with Crippen molar-refractivity contribution in [2.75, 3.05) is 6.61 Å². The van der Waals surface area contributed by atoms with Crippen molar-refractivity contribution in [3.63, 3.8) is 0 Å². The molecule has 0 aliphatic carbocycles. The molecule has 0 bridgehead atoms. The fourth-order valence-electron chi connectivity index (χ4n) is 9.79. The van der Waals surface area contributed by atoms with Crippen LogP contribution in [0.5, 0.6) is 0 Å². The average Bonchev–Trinajstić information content (AvgIpc) is 3.38. The number of aliphatic hydroxyl groups is 4. The van der Waals surface area contributed by atoms with Crippen LogP contribution < -0.4 is 5.32 Å². The van der Waals surface area contributed by atoms with Crippen LogP contribution in [0.25, 0.3) is 0 Å². The second-order valence-corrected chi connectivity index (χ2v) is 21.7. The van der Waals surface area contributed by atoms with Gasteiger partial charge in [-0.1, -0.05) is 287 Å². The molecule has 1 amide bonds. The van der Waals surface area contributed by atoms with E-state index in [-0.39, 0.29) is 0 Å². The van der Waals surface area contributed by atoms with Crippen LogP contribution in [0.4, 0.5) is 0 Å². The fraction of sp³-hybridized carbons (Fsp3) is 0.862. The Labute approximate surface area is 442 Å². The smallest absolute Gasteiger partial charge is 0.249 e. The highest BCUT2D eigenvalue weighted by Crippen LogP contribution is 2.18. The normalized spacial score (nSPS) is 13.9. The van der Waals surface area contributed by atoms with Crippen molar-refractivity contribution in [1.29, 1.82) is 0 Å². The molecule has 0 heterocycles. The summed E-state index contributed by atoms with van der Waals surface area (Å²) >= 11 is 0. The quantitative estimate of drug-likeness (QED) is 0.0308. The van der Waals surface area contributed by atoms with E-state index in [1.807, 2.05) is 0 Å². The molecule has 0 aromatic rings. The molecule has 0 fully saturated rings. The van der Waals surface area contributed by atoms with Crippen LogP contribution in [0.3, 0.4) is 0 Å². The lowest BCUT2D eigenvalue weighted by atomic mass is 10.00. The summed E-state index contributed by atoms with van der Waals surface area (Å²) in [6, 6.07) is -1.01. The standard InChI is InChI=1S/C65H123NO5/c1-3-5-7-9-11-13-15-17-19-21-23-25-27-29-31-33-35-37-39-41-43-45-47-49-51-53-55-57-59-63(69)65(71)66-61(60-67)64(70)62(68)58-56-54-52-50-48-46-44-42-40-38-36-34-32-30-28-26-24-22-20-18-16-14-12-10-8-6-4-2/h29,31,34,36,42,44,50,52,61-64,67-70H,3-28,30,32-33,35,37-41,43,45-49,51,53-60H2,1-2H3,(H,66,71)/b31-29-,36-34+,44-42+,52-50+. The number of allylic oxidation sites excluding steroid dienone is 8. The summed E-state index contributed by atoms with van der Waals surface area (Å²) in [4.78, 5) is 12.6. The lowest BCUT2D eigenvalue weighted by molar-refractivity contribution is -0.132. The highest BCUT2D eigenvalue weighted by atomic mass is 16.3. The number of rotatable bonds is 58. The number of carbonyl (C=O) groups excluding carboxylic acids is 1. The van der Waals surface area contributed by atoms with Crippen LogP contribution in [0.2, 0.25) is 0 Å². The lowest BCUT2D eigenvalue weighted by Crippen LogP contribution is -2.53. The second kappa shape index (κ2) is 59.2. The van der Waals surface area contributed by atoms with E-state index in [9.17, 15) is 25.2 Å². The van der Waals surface area contributed by atoms with E-state index in [0.29, 0.717) is 19.3 Å². The largest absolute Gasteiger partial charge is 0.394 e. The first-order chi connectivity index (χ1) is 35.0. The van der Waals surface area contributed by atoms with Crippen molar-refractivity contribution >= 4 is 5.91 Å². The van der Waals surface area contributed by atoms with Gasteiger partial charge in [0.2, 0.25) is 5.91 Å². The summed E-state index contributed by atoms with van der Waals surface area (Å²) < 4.78 is 0. The number of hydrogen-bond acceptors (Lipinski definition) is 5. The first-order valence-corrected chi connectivity index (χ1v) is 31.5. The maximum Gasteiger partial charge on any atom is 0.249 e. The molecule has 5 N–H and O–H groups in total. The summed E-state index contributed by atoms with van der Waals surface area (Å²) in [5.74, 6) is -0.597. The summed E-state index contributed by atoms with van der Waals surface area (Å²) in [6.45, 7) is 4.08. The van der Waals surface area contributed by atoms with Gasteiger partial charge in [0.1, 0.15) is 12.2 Å². The van der Waals surface area contributed by atoms with Gasteiger partial charge in [-0.05, 0) is 89.9 Å². The van der Waals surface area contributed by atoms with E-state index in [2.05, 4.69) is 67.8 Å². The minimum Gasteiger partial charge on any atom is -0.394 e. The van der Waals surface area contributed by atoms with Gasteiger partial charge in [-0.15, -0.1) is 0 Å². The molecule has 0 saturated heterocycles. The molecule has 0 aliphatic rings. The zero-order valence-electron chi connectivity index (χ0n) is 47.5. The Bertz CT molecular complexity index is 1170. The van der Waals surface area contributed by atoms with Crippen molar-refractivity contribution < 1.29 is 25.2 Å². The summed E-state index contributed by atoms with van der Waals surface area (Å²) in [6.07, 6.45) is 76.3. The highest BCUT2D eigenvalue weighted by molar-refractivity contribution is 5.80. The Balaban J connectivity index is 3.66. The van der Waals surface area contributed by atoms with Crippen molar-refractivity contribution in [2.45, 2.75) is 353 Å². The van der Waals surface area contributed by atoms with Gasteiger partial charge in [-0.25, -0.2) is 0 Å². The lowest BCUT2D eigenvalue weighted by Gasteiger charge is -2.27. The SMILES string of the molecule is CCCCCCCCCCCCCC/C=C\CCCCCCCCCCCCCCC(O)C(=O)NC(CO)C(O)C(O)CCC/C=C/CC/C=C/CC/C=C/CCCCCCCCCCCCCCCC. The average molecular weight is 999 g/mol. The Hall–Kier alpha value is -1.73. The molecule has 4 unspecified atom stereocenters. The molecule has 6 nitrogen and oxygen atoms in total. The summed E-state index contributed by atoms with van der Waals surface area (Å²) in [5, 5.41) is 44.1. The van der Waals surface area contributed by atoms with Gasteiger partial charge in [-0.2, -0.15) is 0 Å².